The van der Waals surface area contributed by atoms with Crippen molar-refractivity contribution in [1.82, 2.24) is 15.2 Å². The fraction of sp³-hybridized carbons (Fsp3) is 0.444. The van der Waals surface area contributed by atoms with Crippen LogP contribution in [0.5, 0.6) is 0 Å². The molecule has 2 aliphatic carbocycles. The number of Topliss-reactive ketones (excluding diaryl/α,β-unsaturated/α-hetero) is 1. The highest BCUT2D eigenvalue weighted by atomic mass is 16.1. The fourth-order valence-corrected chi connectivity index (χ4v) is 4.19. The summed E-state index contributed by atoms with van der Waals surface area (Å²) in [6.45, 7) is 6.53. The molecule has 2 aliphatic rings. The minimum atomic E-state index is -0.242. The summed E-state index contributed by atoms with van der Waals surface area (Å²) in [5, 5.41) is 8.36. The molecule has 4 rings (SSSR count). The summed E-state index contributed by atoms with van der Waals surface area (Å²) >= 11 is 0. The first-order chi connectivity index (χ1) is 10.4. The molecular weight excluding hydrogens is 274 g/mol. The van der Waals surface area contributed by atoms with Crippen LogP contribution in [0, 0.1) is 16.7 Å². The molecule has 1 aromatic heterocycles. The van der Waals surface area contributed by atoms with E-state index in [-0.39, 0.29) is 16.6 Å². The van der Waals surface area contributed by atoms with E-state index in [1.807, 2.05) is 30.3 Å². The standard InChI is InChI=1S/C18H19N3O/c1-17(2)12-8-9-18(17,3)16(22)11(12)10-15-19-13-6-4-5-7-14(13)20-21-15/h4-7,10,12H,8-9H2,1-3H3/b11-10-/t12-,18-/m0/s1. The third-order valence-electron chi connectivity index (χ3n) is 6.03. The summed E-state index contributed by atoms with van der Waals surface area (Å²) in [4.78, 5) is 17.4. The number of ketones is 1. The van der Waals surface area contributed by atoms with E-state index >= 15 is 0 Å². The second kappa shape index (κ2) is 4.22. The number of carbonyl (C=O) groups is 1. The van der Waals surface area contributed by atoms with Gasteiger partial charge in [-0.3, -0.25) is 4.79 Å². The van der Waals surface area contributed by atoms with Crippen LogP contribution in [-0.2, 0) is 4.79 Å². The predicted octanol–water partition coefficient (Wildman–Crippen LogP) is 3.43. The maximum Gasteiger partial charge on any atom is 0.175 e. The van der Waals surface area contributed by atoms with Crippen molar-refractivity contribution in [3.8, 4) is 0 Å². The highest BCUT2D eigenvalue weighted by Gasteiger charge is 2.63. The van der Waals surface area contributed by atoms with Gasteiger partial charge in [0, 0.05) is 11.0 Å². The average Bonchev–Trinajstić information content (AvgIpc) is 2.81. The number of hydrogen-bond donors (Lipinski definition) is 0. The van der Waals surface area contributed by atoms with E-state index in [2.05, 4.69) is 36.0 Å². The van der Waals surface area contributed by atoms with Crippen LogP contribution in [0.2, 0.25) is 0 Å². The number of aromatic nitrogens is 3. The van der Waals surface area contributed by atoms with Gasteiger partial charge in [0.25, 0.3) is 0 Å². The number of hydrogen-bond acceptors (Lipinski definition) is 4. The number of carbonyl (C=O) groups excluding carboxylic acids is 1. The quantitative estimate of drug-likeness (QED) is 0.756. The van der Waals surface area contributed by atoms with Crippen molar-refractivity contribution < 1.29 is 4.79 Å². The van der Waals surface area contributed by atoms with Crippen LogP contribution < -0.4 is 0 Å². The molecule has 0 amide bonds. The second-order valence-electron chi connectivity index (χ2n) is 7.23. The lowest BCUT2D eigenvalue weighted by Gasteiger charge is -2.31. The van der Waals surface area contributed by atoms with Crippen molar-refractivity contribution in [3.63, 3.8) is 0 Å². The molecular formula is C18H19N3O. The van der Waals surface area contributed by atoms with Crippen LogP contribution in [0.1, 0.15) is 39.4 Å². The van der Waals surface area contributed by atoms with Gasteiger partial charge < -0.3 is 0 Å². The van der Waals surface area contributed by atoms with Gasteiger partial charge in [-0.15, -0.1) is 10.2 Å². The van der Waals surface area contributed by atoms with E-state index in [9.17, 15) is 4.79 Å². The van der Waals surface area contributed by atoms with E-state index < -0.39 is 0 Å². The van der Waals surface area contributed by atoms with Crippen LogP contribution in [-0.4, -0.2) is 21.0 Å². The lowest BCUT2D eigenvalue weighted by Crippen LogP contribution is -2.32. The Balaban J connectivity index is 1.81. The molecule has 4 nitrogen and oxygen atoms in total. The molecule has 2 aromatic rings. The van der Waals surface area contributed by atoms with Gasteiger partial charge in [0.1, 0.15) is 5.52 Å². The first-order valence-electron chi connectivity index (χ1n) is 7.79. The summed E-state index contributed by atoms with van der Waals surface area (Å²) in [5.74, 6) is 1.11. The van der Waals surface area contributed by atoms with Crippen molar-refractivity contribution in [1.29, 1.82) is 0 Å². The van der Waals surface area contributed by atoms with Gasteiger partial charge in [0.2, 0.25) is 0 Å². The molecule has 2 saturated carbocycles. The van der Waals surface area contributed by atoms with Crippen LogP contribution in [0.4, 0.5) is 0 Å². The van der Waals surface area contributed by atoms with Crippen LogP contribution >= 0.6 is 0 Å². The van der Waals surface area contributed by atoms with E-state index in [1.54, 1.807) is 0 Å². The molecule has 4 heteroatoms. The number of rotatable bonds is 1. The molecule has 0 unspecified atom stereocenters. The van der Waals surface area contributed by atoms with Gasteiger partial charge in [0.15, 0.2) is 11.6 Å². The summed E-state index contributed by atoms with van der Waals surface area (Å²) in [6, 6.07) is 7.65. The third-order valence-corrected chi connectivity index (χ3v) is 6.03. The largest absolute Gasteiger partial charge is 0.294 e. The van der Waals surface area contributed by atoms with Gasteiger partial charge >= 0.3 is 0 Å². The normalized spacial score (nSPS) is 31.3. The Morgan fingerprint density at radius 1 is 1.14 bits per heavy atom. The molecule has 0 aliphatic heterocycles. The predicted molar refractivity (Wildman–Crippen MR) is 84.9 cm³/mol. The SMILES string of the molecule is CC1(C)[C@H]2CC[C@@]1(C)C(=O)/C2=C\c1nnc2ccccc2n1. The summed E-state index contributed by atoms with van der Waals surface area (Å²) < 4.78 is 0. The zero-order valence-corrected chi connectivity index (χ0v) is 13.1. The molecule has 1 aromatic carbocycles. The van der Waals surface area contributed by atoms with E-state index in [0.717, 1.165) is 29.4 Å². The van der Waals surface area contributed by atoms with Crippen molar-refractivity contribution in [2.75, 3.05) is 0 Å². The minimum Gasteiger partial charge on any atom is -0.294 e. The Bertz CT molecular complexity index is 824. The summed E-state index contributed by atoms with van der Waals surface area (Å²) in [5.41, 5.74) is 2.24. The van der Waals surface area contributed by atoms with E-state index in [0.29, 0.717) is 11.7 Å². The van der Waals surface area contributed by atoms with Gasteiger partial charge in [-0.05, 0) is 42.4 Å². The first kappa shape index (κ1) is 13.6. The molecule has 2 fully saturated rings. The third kappa shape index (κ3) is 1.58. The number of para-hydroxylation sites is 1. The topological polar surface area (TPSA) is 55.7 Å². The number of fused-ring (bicyclic) bond motifs is 3. The number of nitrogens with zero attached hydrogens (tertiary/aromatic N) is 3. The van der Waals surface area contributed by atoms with E-state index in [4.69, 9.17) is 0 Å². The van der Waals surface area contributed by atoms with Crippen molar-refractivity contribution in [2.24, 2.45) is 16.7 Å². The summed E-state index contributed by atoms with van der Waals surface area (Å²) in [6.07, 6.45) is 3.92. The first-order valence-corrected chi connectivity index (χ1v) is 7.79. The van der Waals surface area contributed by atoms with Crippen molar-refractivity contribution in [3.05, 3.63) is 35.7 Å². The van der Waals surface area contributed by atoms with Crippen molar-refractivity contribution in [2.45, 2.75) is 33.6 Å². The van der Waals surface area contributed by atoms with Gasteiger partial charge in [-0.1, -0.05) is 32.9 Å². The monoisotopic (exact) mass is 293 g/mol. The average molecular weight is 293 g/mol. The lowest BCUT2D eigenvalue weighted by atomic mass is 9.70. The van der Waals surface area contributed by atoms with Crippen molar-refractivity contribution >= 4 is 22.9 Å². The van der Waals surface area contributed by atoms with Gasteiger partial charge in [0.05, 0.1) is 5.52 Å². The molecule has 0 N–H and O–H groups in total. The Morgan fingerprint density at radius 2 is 1.86 bits per heavy atom. The molecule has 0 spiro atoms. The molecule has 2 bridgehead atoms. The van der Waals surface area contributed by atoms with E-state index in [1.165, 1.54) is 0 Å². The Labute approximate surface area is 129 Å². The Morgan fingerprint density at radius 3 is 2.55 bits per heavy atom. The second-order valence-corrected chi connectivity index (χ2v) is 7.23. The lowest BCUT2D eigenvalue weighted by molar-refractivity contribution is -0.125. The Hall–Kier alpha value is -2.10. The maximum atomic E-state index is 12.8. The molecule has 2 atom stereocenters. The van der Waals surface area contributed by atoms with Gasteiger partial charge in [-0.25, -0.2) is 4.98 Å². The van der Waals surface area contributed by atoms with Crippen LogP contribution in [0.25, 0.3) is 17.1 Å². The highest BCUT2D eigenvalue weighted by Crippen LogP contribution is 2.65. The maximum absolute atomic E-state index is 12.8. The Kier molecular flexibility index (Phi) is 2.60. The smallest absolute Gasteiger partial charge is 0.175 e. The zero-order chi connectivity index (χ0) is 15.5. The minimum absolute atomic E-state index is 0.0141. The van der Waals surface area contributed by atoms with Crippen LogP contribution in [0.3, 0.4) is 0 Å². The highest BCUT2D eigenvalue weighted by molar-refractivity contribution is 6.07. The molecule has 112 valence electrons. The number of benzene rings is 1. The number of allylic oxidation sites excluding steroid dienone is 1. The molecule has 22 heavy (non-hydrogen) atoms. The fourth-order valence-electron chi connectivity index (χ4n) is 4.19. The molecule has 0 radical (unpaired) electrons. The van der Waals surface area contributed by atoms with Crippen LogP contribution in [0.15, 0.2) is 29.8 Å². The molecule has 0 saturated heterocycles. The van der Waals surface area contributed by atoms with Gasteiger partial charge in [-0.2, -0.15) is 0 Å². The zero-order valence-electron chi connectivity index (χ0n) is 13.1. The summed E-state index contributed by atoms with van der Waals surface area (Å²) in [7, 11) is 0. The molecule has 1 heterocycles.